The van der Waals surface area contributed by atoms with Crippen LogP contribution in [0.1, 0.15) is 45.8 Å². The van der Waals surface area contributed by atoms with Gasteiger partial charge in [0.05, 0.1) is 12.8 Å². The van der Waals surface area contributed by atoms with Crippen molar-refractivity contribution < 1.29 is 14.3 Å². The van der Waals surface area contributed by atoms with Gasteiger partial charge in [0.15, 0.2) is 0 Å². The van der Waals surface area contributed by atoms with E-state index in [-0.39, 0.29) is 17.8 Å². The Balaban J connectivity index is 1.42. The number of methoxy groups -OCH3 is 1. The van der Waals surface area contributed by atoms with E-state index in [1.807, 2.05) is 29.2 Å². The summed E-state index contributed by atoms with van der Waals surface area (Å²) in [6.45, 7) is 7.08. The summed E-state index contributed by atoms with van der Waals surface area (Å²) >= 11 is 0. The number of aromatic nitrogens is 2. The maximum atomic E-state index is 13.1. The van der Waals surface area contributed by atoms with Gasteiger partial charge < -0.3 is 14.5 Å². The third kappa shape index (κ3) is 5.01. The highest BCUT2D eigenvalue weighted by molar-refractivity contribution is 6.03. The molecule has 1 N–H and O–H groups in total. The zero-order valence-corrected chi connectivity index (χ0v) is 19.7. The van der Waals surface area contributed by atoms with E-state index in [1.165, 1.54) is 0 Å². The summed E-state index contributed by atoms with van der Waals surface area (Å²) in [5.74, 6) is 0.538. The molecule has 0 saturated carbocycles. The van der Waals surface area contributed by atoms with Crippen LogP contribution < -0.4 is 15.0 Å². The van der Waals surface area contributed by atoms with Crippen molar-refractivity contribution in [3.05, 3.63) is 77.1 Å². The lowest BCUT2D eigenvalue weighted by atomic mass is 10.1. The van der Waals surface area contributed by atoms with Crippen molar-refractivity contribution >= 4 is 23.5 Å². The average molecular weight is 460 g/mol. The van der Waals surface area contributed by atoms with E-state index >= 15 is 0 Å². The molecule has 0 atom stereocenters. The van der Waals surface area contributed by atoms with Gasteiger partial charge in [-0.05, 0) is 56.3 Å². The molecule has 176 valence electrons. The van der Waals surface area contributed by atoms with Crippen LogP contribution in [0.15, 0.2) is 54.7 Å². The molecule has 4 rings (SSSR count). The highest BCUT2D eigenvalue weighted by Crippen LogP contribution is 2.22. The van der Waals surface area contributed by atoms with Gasteiger partial charge in [0, 0.05) is 61.2 Å². The predicted molar refractivity (Wildman–Crippen MR) is 131 cm³/mol. The van der Waals surface area contributed by atoms with Crippen LogP contribution in [0.5, 0.6) is 5.75 Å². The Morgan fingerprint density at radius 2 is 1.85 bits per heavy atom. The maximum Gasteiger partial charge on any atom is 0.258 e. The molecule has 0 spiro atoms. The Hall–Kier alpha value is -3.94. The molecule has 8 heteroatoms. The molecule has 3 aromatic rings. The maximum absolute atomic E-state index is 13.1. The van der Waals surface area contributed by atoms with Gasteiger partial charge in [0.25, 0.3) is 11.8 Å². The Kier molecular flexibility index (Phi) is 7.06. The van der Waals surface area contributed by atoms with Gasteiger partial charge in [0.2, 0.25) is 5.95 Å². The van der Waals surface area contributed by atoms with E-state index in [2.05, 4.69) is 34.0 Å². The Morgan fingerprint density at radius 3 is 2.56 bits per heavy atom. The van der Waals surface area contributed by atoms with Gasteiger partial charge in [-0.1, -0.05) is 6.07 Å². The van der Waals surface area contributed by atoms with Crippen molar-refractivity contribution in [3.8, 4) is 5.75 Å². The number of anilines is 2. The number of carbonyl (C=O) groups is 2. The van der Waals surface area contributed by atoms with Gasteiger partial charge in [0.1, 0.15) is 5.75 Å². The second-order valence-electron chi connectivity index (χ2n) is 8.05. The summed E-state index contributed by atoms with van der Waals surface area (Å²) in [5, 5.41) is 2.74. The SMILES string of the molecule is CCN(CC)c1ccc(C(=O)N2CCc3nc(NC(=O)c4cccc(OC)c4)ncc3C2)cc1. The normalized spacial score (nSPS) is 12.6. The lowest BCUT2D eigenvalue weighted by Gasteiger charge is -2.28. The van der Waals surface area contributed by atoms with Crippen molar-refractivity contribution in [1.29, 1.82) is 0 Å². The third-order valence-corrected chi connectivity index (χ3v) is 6.02. The second-order valence-corrected chi connectivity index (χ2v) is 8.05. The monoisotopic (exact) mass is 459 g/mol. The first kappa shape index (κ1) is 23.2. The molecule has 34 heavy (non-hydrogen) atoms. The average Bonchev–Trinajstić information content (AvgIpc) is 2.89. The van der Waals surface area contributed by atoms with Crippen molar-refractivity contribution in [1.82, 2.24) is 14.9 Å². The predicted octanol–water partition coefficient (Wildman–Crippen LogP) is 3.78. The van der Waals surface area contributed by atoms with E-state index in [0.717, 1.165) is 30.0 Å². The molecule has 0 radical (unpaired) electrons. The lowest BCUT2D eigenvalue weighted by Crippen LogP contribution is -2.36. The first-order valence-corrected chi connectivity index (χ1v) is 11.5. The first-order chi connectivity index (χ1) is 16.5. The molecule has 0 saturated heterocycles. The zero-order chi connectivity index (χ0) is 24.1. The highest BCUT2D eigenvalue weighted by Gasteiger charge is 2.24. The van der Waals surface area contributed by atoms with E-state index < -0.39 is 0 Å². The molecule has 0 bridgehead atoms. The van der Waals surface area contributed by atoms with Crippen molar-refractivity contribution in [2.24, 2.45) is 0 Å². The van der Waals surface area contributed by atoms with Gasteiger partial charge in [-0.15, -0.1) is 0 Å². The van der Waals surface area contributed by atoms with Crippen LogP contribution in [0.4, 0.5) is 11.6 Å². The molecule has 0 aliphatic carbocycles. The molecule has 2 heterocycles. The number of benzene rings is 2. The molecule has 0 fully saturated rings. The van der Waals surface area contributed by atoms with Crippen molar-refractivity contribution in [2.45, 2.75) is 26.8 Å². The number of rotatable bonds is 7. The molecule has 1 aliphatic heterocycles. The van der Waals surface area contributed by atoms with Crippen LogP contribution in [0, 0.1) is 0 Å². The highest BCUT2D eigenvalue weighted by atomic mass is 16.5. The summed E-state index contributed by atoms with van der Waals surface area (Å²) in [6, 6.07) is 14.7. The third-order valence-electron chi connectivity index (χ3n) is 6.02. The summed E-state index contributed by atoms with van der Waals surface area (Å²) < 4.78 is 5.17. The quantitative estimate of drug-likeness (QED) is 0.579. The fraction of sp³-hybridized carbons (Fsp3) is 0.308. The summed E-state index contributed by atoms with van der Waals surface area (Å²) in [4.78, 5) is 38.5. The fourth-order valence-corrected chi connectivity index (χ4v) is 4.07. The number of nitrogens with zero attached hydrogens (tertiary/aromatic N) is 4. The standard InChI is InChI=1S/C26H29N5O3/c1-4-30(5-2)21-11-9-18(10-12-21)25(33)31-14-13-23-20(17-31)16-27-26(28-23)29-24(32)19-7-6-8-22(15-19)34-3/h6-12,15-16H,4-5,13-14,17H2,1-3H3,(H,27,28,29,32). The largest absolute Gasteiger partial charge is 0.497 e. The van der Waals surface area contributed by atoms with E-state index in [4.69, 9.17) is 4.74 Å². The van der Waals surface area contributed by atoms with E-state index in [0.29, 0.717) is 36.4 Å². The van der Waals surface area contributed by atoms with Crippen molar-refractivity contribution in [2.75, 3.05) is 37.0 Å². The smallest absolute Gasteiger partial charge is 0.258 e. The molecular formula is C26H29N5O3. The number of amides is 2. The summed E-state index contributed by atoms with van der Waals surface area (Å²) in [7, 11) is 1.55. The minimum atomic E-state index is -0.306. The molecule has 0 unspecified atom stereocenters. The molecule has 8 nitrogen and oxygen atoms in total. The number of fused-ring (bicyclic) bond motifs is 1. The first-order valence-electron chi connectivity index (χ1n) is 11.5. The van der Waals surface area contributed by atoms with Gasteiger partial charge in [-0.2, -0.15) is 0 Å². The molecule has 1 aliphatic rings. The van der Waals surface area contributed by atoms with Crippen LogP contribution in [0.2, 0.25) is 0 Å². The van der Waals surface area contributed by atoms with Crippen LogP contribution in [0.3, 0.4) is 0 Å². The number of carbonyl (C=O) groups excluding carboxylic acids is 2. The van der Waals surface area contributed by atoms with Gasteiger partial charge in [-0.25, -0.2) is 9.97 Å². The molecule has 1 aromatic heterocycles. The van der Waals surface area contributed by atoms with Crippen LogP contribution >= 0.6 is 0 Å². The Labute approximate surface area is 199 Å². The van der Waals surface area contributed by atoms with Crippen LogP contribution in [-0.4, -0.2) is 53.4 Å². The zero-order valence-electron chi connectivity index (χ0n) is 19.7. The minimum absolute atomic E-state index is 0.00727. The second kappa shape index (κ2) is 10.3. The topological polar surface area (TPSA) is 87.7 Å². The fourth-order valence-electron chi connectivity index (χ4n) is 4.07. The molecular weight excluding hydrogens is 430 g/mol. The number of nitrogens with one attached hydrogen (secondary N) is 1. The van der Waals surface area contributed by atoms with Gasteiger partial charge >= 0.3 is 0 Å². The van der Waals surface area contributed by atoms with Gasteiger partial charge in [-0.3, -0.25) is 14.9 Å². The van der Waals surface area contributed by atoms with Crippen LogP contribution in [0.25, 0.3) is 0 Å². The van der Waals surface area contributed by atoms with Crippen LogP contribution in [-0.2, 0) is 13.0 Å². The van der Waals surface area contributed by atoms with E-state index in [1.54, 1.807) is 37.6 Å². The number of ether oxygens (including phenoxy) is 1. The lowest BCUT2D eigenvalue weighted by molar-refractivity contribution is 0.0733. The number of hydrogen-bond acceptors (Lipinski definition) is 6. The summed E-state index contributed by atoms with van der Waals surface area (Å²) in [5.41, 5.74) is 3.98. The van der Waals surface area contributed by atoms with Crippen molar-refractivity contribution in [3.63, 3.8) is 0 Å². The molecule has 2 aromatic carbocycles. The summed E-state index contributed by atoms with van der Waals surface area (Å²) in [6.07, 6.45) is 2.29. The number of hydrogen-bond donors (Lipinski definition) is 1. The Morgan fingerprint density at radius 1 is 1.09 bits per heavy atom. The minimum Gasteiger partial charge on any atom is -0.497 e. The van der Waals surface area contributed by atoms with E-state index in [9.17, 15) is 9.59 Å². The Bertz CT molecular complexity index is 1180. The molecule has 2 amide bonds.